The average molecular weight is 663 g/mol. The molecule has 0 spiro atoms. The lowest BCUT2D eigenvalue weighted by Gasteiger charge is -2.32. The average Bonchev–Trinajstić information content (AvgIpc) is 2.92. The van der Waals surface area contributed by atoms with Crippen molar-refractivity contribution < 1.29 is 18.0 Å². The number of nitrogens with zero attached hydrogens (tertiary/aromatic N) is 2. The minimum absolute atomic E-state index is 0.0614. The summed E-state index contributed by atoms with van der Waals surface area (Å²) >= 11 is 9.56. The fourth-order valence-electron chi connectivity index (χ4n) is 4.40. The standard InChI is InChI=1S/C31H37BrClN3O4S/c1-23(2)21-34-31(38)29(19-24-9-5-4-6-10-24)35(22-25-14-16-26(32)17-15-25)30(37)13-8-18-36(41(3,39)40)28-12-7-11-27(33)20-28/h4-7,9-12,14-17,20,23,29H,8,13,18-19,21-22H2,1-3H3,(H,34,38). The number of halogens is 2. The smallest absolute Gasteiger partial charge is 0.243 e. The van der Waals surface area contributed by atoms with Crippen LogP contribution in [0.3, 0.4) is 0 Å². The van der Waals surface area contributed by atoms with Crippen LogP contribution in [0.4, 0.5) is 5.69 Å². The normalized spacial score (nSPS) is 12.1. The molecule has 3 aromatic carbocycles. The SMILES string of the molecule is CC(C)CNC(=O)C(Cc1ccccc1)N(Cc1ccc(Br)cc1)C(=O)CCCN(c1cccc(Cl)c1)S(C)(=O)=O. The second kappa shape index (κ2) is 15.4. The molecule has 41 heavy (non-hydrogen) atoms. The molecule has 0 aliphatic carbocycles. The topological polar surface area (TPSA) is 86.8 Å². The Balaban J connectivity index is 1.87. The molecule has 0 bridgehead atoms. The summed E-state index contributed by atoms with van der Waals surface area (Å²) in [6.07, 6.45) is 1.81. The Hall–Kier alpha value is -2.88. The highest BCUT2D eigenvalue weighted by atomic mass is 79.9. The number of hydrogen-bond acceptors (Lipinski definition) is 4. The number of benzene rings is 3. The monoisotopic (exact) mass is 661 g/mol. The van der Waals surface area contributed by atoms with Crippen LogP contribution in [0.5, 0.6) is 0 Å². The lowest BCUT2D eigenvalue weighted by atomic mass is 10.0. The maximum Gasteiger partial charge on any atom is 0.243 e. The van der Waals surface area contributed by atoms with Crippen molar-refractivity contribution in [1.29, 1.82) is 0 Å². The van der Waals surface area contributed by atoms with Gasteiger partial charge in [-0.25, -0.2) is 8.42 Å². The highest BCUT2D eigenvalue weighted by molar-refractivity contribution is 9.10. The molecule has 1 atom stereocenters. The third-order valence-electron chi connectivity index (χ3n) is 6.47. The predicted octanol–water partition coefficient (Wildman–Crippen LogP) is 6.06. The van der Waals surface area contributed by atoms with Gasteiger partial charge in [-0.05, 0) is 53.8 Å². The van der Waals surface area contributed by atoms with Crippen LogP contribution in [0.25, 0.3) is 0 Å². The van der Waals surface area contributed by atoms with E-state index in [1.165, 1.54) is 4.31 Å². The molecule has 0 saturated heterocycles. The first-order valence-electron chi connectivity index (χ1n) is 13.5. The van der Waals surface area contributed by atoms with Crippen molar-refractivity contribution in [3.05, 3.63) is 99.5 Å². The van der Waals surface area contributed by atoms with Gasteiger partial charge in [-0.1, -0.05) is 89.9 Å². The number of hydrogen-bond donors (Lipinski definition) is 1. The van der Waals surface area contributed by atoms with Crippen LogP contribution in [0.15, 0.2) is 83.3 Å². The van der Waals surface area contributed by atoms with Gasteiger partial charge in [-0.15, -0.1) is 0 Å². The van der Waals surface area contributed by atoms with Gasteiger partial charge in [0, 0.05) is 42.0 Å². The molecule has 1 N–H and O–H groups in total. The van der Waals surface area contributed by atoms with Gasteiger partial charge in [0.1, 0.15) is 6.04 Å². The minimum Gasteiger partial charge on any atom is -0.354 e. The maximum absolute atomic E-state index is 13.9. The van der Waals surface area contributed by atoms with Gasteiger partial charge in [-0.2, -0.15) is 0 Å². The second-order valence-electron chi connectivity index (χ2n) is 10.4. The number of amides is 2. The van der Waals surface area contributed by atoms with E-state index in [2.05, 4.69) is 21.2 Å². The highest BCUT2D eigenvalue weighted by Crippen LogP contribution is 2.23. The van der Waals surface area contributed by atoms with Crippen LogP contribution < -0.4 is 9.62 Å². The van der Waals surface area contributed by atoms with Crippen LogP contribution in [-0.2, 0) is 32.6 Å². The van der Waals surface area contributed by atoms with E-state index in [-0.39, 0.29) is 43.7 Å². The first-order chi connectivity index (χ1) is 19.4. The number of nitrogens with one attached hydrogen (secondary N) is 1. The summed E-state index contributed by atoms with van der Waals surface area (Å²) in [6, 6.07) is 23.1. The van der Waals surface area contributed by atoms with Crippen LogP contribution in [0.2, 0.25) is 5.02 Å². The molecule has 0 aliphatic heterocycles. The summed E-state index contributed by atoms with van der Waals surface area (Å²) in [7, 11) is -3.61. The molecule has 3 rings (SSSR count). The number of carbonyl (C=O) groups excluding carboxylic acids is 2. The molecule has 1 unspecified atom stereocenters. The Bertz CT molecular complexity index is 1400. The van der Waals surface area contributed by atoms with Crippen LogP contribution >= 0.6 is 27.5 Å². The fourth-order valence-corrected chi connectivity index (χ4v) is 5.80. The van der Waals surface area contributed by atoms with Crippen LogP contribution in [-0.4, -0.2) is 50.5 Å². The number of carbonyl (C=O) groups is 2. The summed E-state index contributed by atoms with van der Waals surface area (Å²) in [5.74, 6) is -0.196. The zero-order valence-electron chi connectivity index (χ0n) is 23.6. The van der Waals surface area contributed by atoms with Crippen LogP contribution in [0, 0.1) is 5.92 Å². The fraction of sp³-hybridized carbons (Fsp3) is 0.355. The van der Waals surface area contributed by atoms with Gasteiger partial charge in [0.15, 0.2) is 0 Å². The van der Waals surface area contributed by atoms with Gasteiger partial charge in [0.2, 0.25) is 21.8 Å². The summed E-state index contributed by atoms with van der Waals surface area (Å²) in [6.45, 7) is 4.87. The summed E-state index contributed by atoms with van der Waals surface area (Å²) in [5.41, 5.74) is 2.26. The molecule has 2 amide bonds. The molecule has 3 aromatic rings. The van der Waals surface area contributed by atoms with Gasteiger partial charge >= 0.3 is 0 Å². The summed E-state index contributed by atoms with van der Waals surface area (Å²) in [4.78, 5) is 29.0. The van der Waals surface area contributed by atoms with Gasteiger partial charge in [0.05, 0.1) is 11.9 Å². The molecule has 7 nitrogen and oxygen atoms in total. The summed E-state index contributed by atoms with van der Waals surface area (Å²) in [5, 5.41) is 3.43. The van der Waals surface area contributed by atoms with E-state index >= 15 is 0 Å². The van der Waals surface area contributed by atoms with Gasteiger partial charge in [0.25, 0.3) is 0 Å². The molecule has 220 valence electrons. The van der Waals surface area contributed by atoms with E-state index < -0.39 is 16.1 Å². The van der Waals surface area contributed by atoms with Crippen molar-refractivity contribution >= 4 is 55.1 Å². The Kier molecular flexibility index (Phi) is 12.2. The molecule has 0 aliphatic rings. The molecular formula is C31H37BrClN3O4S. The molecule has 0 radical (unpaired) electrons. The zero-order valence-corrected chi connectivity index (χ0v) is 26.8. The first-order valence-corrected chi connectivity index (χ1v) is 16.5. The van der Waals surface area contributed by atoms with Crippen molar-refractivity contribution in [2.75, 3.05) is 23.7 Å². The lowest BCUT2D eigenvalue weighted by Crippen LogP contribution is -2.51. The highest BCUT2D eigenvalue weighted by Gasteiger charge is 2.30. The molecule has 0 aromatic heterocycles. The maximum atomic E-state index is 13.9. The third-order valence-corrected chi connectivity index (χ3v) is 8.43. The molecular weight excluding hydrogens is 626 g/mol. The Morgan fingerprint density at radius 1 is 0.951 bits per heavy atom. The van der Waals surface area contributed by atoms with E-state index in [1.807, 2.05) is 68.4 Å². The van der Waals surface area contributed by atoms with Crippen LogP contribution in [0.1, 0.15) is 37.8 Å². The van der Waals surface area contributed by atoms with E-state index in [0.717, 1.165) is 21.9 Å². The van der Waals surface area contributed by atoms with Gasteiger partial charge in [-0.3, -0.25) is 13.9 Å². The Morgan fingerprint density at radius 2 is 1.63 bits per heavy atom. The third kappa shape index (κ3) is 10.5. The largest absolute Gasteiger partial charge is 0.354 e. The number of sulfonamides is 1. The van der Waals surface area contributed by atoms with Crippen molar-refractivity contribution in [3.63, 3.8) is 0 Å². The lowest BCUT2D eigenvalue weighted by molar-refractivity contribution is -0.141. The molecule has 10 heteroatoms. The Morgan fingerprint density at radius 3 is 2.24 bits per heavy atom. The minimum atomic E-state index is -3.61. The summed E-state index contributed by atoms with van der Waals surface area (Å²) < 4.78 is 27.3. The molecule has 0 heterocycles. The molecule has 0 fully saturated rings. The number of rotatable bonds is 14. The zero-order chi connectivity index (χ0) is 30.0. The van der Waals surface area contributed by atoms with Crippen molar-refractivity contribution in [1.82, 2.24) is 10.2 Å². The van der Waals surface area contributed by atoms with Crippen molar-refractivity contribution in [2.45, 2.75) is 45.7 Å². The number of anilines is 1. The van der Waals surface area contributed by atoms with Gasteiger partial charge < -0.3 is 10.2 Å². The van der Waals surface area contributed by atoms with E-state index in [1.54, 1.807) is 29.2 Å². The predicted molar refractivity (Wildman–Crippen MR) is 169 cm³/mol. The quantitative estimate of drug-likeness (QED) is 0.227. The van der Waals surface area contributed by atoms with Crippen molar-refractivity contribution in [3.8, 4) is 0 Å². The van der Waals surface area contributed by atoms with E-state index in [0.29, 0.717) is 23.7 Å². The van der Waals surface area contributed by atoms with E-state index in [4.69, 9.17) is 11.6 Å². The van der Waals surface area contributed by atoms with E-state index in [9.17, 15) is 18.0 Å². The Labute approximate surface area is 257 Å². The first kappa shape index (κ1) is 32.6. The molecule has 0 saturated carbocycles. The second-order valence-corrected chi connectivity index (χ2v) is 13.7. The van der Waals surface area contributed by atoms with Crippen molar-refractivity contribution in [2.24, 2.45) is 5.92 Å².